The Balaban J connectivity index is 1.51. The zero-order valence-electron chi connectivity index (χ0n) is 25.7. The fraction of sp³-hybridized carbons (Fsp3) is 0.438. The number of aryl methyl sites for hydroxylation is 2. The first-order valence-electron chi connectivity index (χ1n) is 14.8. The van der Waals surface area contributed by atoms with Gasteiger partial charge in [0, 0.05) is 60.7 Å². The Hall–Kier alpha value is -3.80. The van der Waals surface area contributed by atoms with E-state index in [1.165, 1.54) is 6.08 Å². The minimum absolute atomic E-state index is 0.00891. The number of likely N-dealkylation sites (N-methyl/N-ethyl adjacent to an activating group) is 1. The fourth-order valence-electron chi connectivity index (χ4n) is 6.29. The molecular weight excluding hydrogens is 585 g/mol. The summed E-state index contributed by atoms with van der Waals surface area (Å²) in [5.74, 6) is -0.180. The van der Waals surface area contributed by atoms with E-state index < -0.39 is 5.82 Å². The van der Waals surface area contributed by atoms with Crippen molar-refractivity contribution in [3.05, 3.63) is 53.5 Å². The normalized spacial score (nSPS) is 21.3. The van der Waals surface area contributed by atoms with Crippen molar-refractivity contribution < 1.29 is 18.7 Å². The highest BCUT2D eigenvalue weighted by molar-refractivity contribution is 6.35. The molecule has 2 aromatic carbocycles. The van der Waals surface area contributed by atoms with Crippen LogP contribution in [0.1, 0.15) is 19.4 Å². The van der Waals surface area contributed by atoms with Crippen LogP contribution in [0.4, 0.5) is 10.2 Å². The molecule has 0 aliphatic carbocycles. The van der Waals surface area contributed by atoms with Crippen molar-refractivity contribution in [2.24, 2.45) is 7.05 Å². The van der Waals surface area contributed by atoms with Crippen LogP contribution < -0.4 is 9.64 Å². The summed E-state index contributed by atoms with van der Waals surface area (Å²) < 4.78 is 30.5. The molecule has 2 aliphatic rings. The number of nitrogens with zero attached hydrogens (tertiary/aromatic N) is 7. The molecule has 0 radical (unpaired) electrons. The van der Waals surface area contributed by atoms with Crippen LogP contribution >= 0.6 is 11.6 Å². The van der Waals surface area contributed by atoms with Gasteiger partial charge in [0.15, 0.2) is 5.82 Å². The molecule has 44 heavy (non-hydrogen) atoms. The van der Waals surface area contributed by atoms with Crippen LogP contribution in [0.15, 0.2) is 37.1 Å². The molecule has 232 valence electrons. The Morgan fingerprint density at radius 1 is 1.20 bits per heavy atom. The number of amides is 1. The van der Waals surface area contributed by atoms with Crippen LogP contribution in [0.3, 0.4) is 0 Å². The number of aromatic nitrogens is 4. The van der Waals surface area contributed by atoms with Gasteiger partial charge in [-0.3, -0.25) is 14.4 Å². The van der Waals surface area contributed by atoms with Gasteiger partial charge >= 0.3 is 6.01 Å². The van der Waals surface area contributed by atoms with Crippen molar-refractivity contribution in [1.82, 2.24) is 29.5 Å². The number of rotatable bonds is 6. The summed E-state index contributed by atoms with van der Waals surface area (Å²) in [5, 5.41) is 5.99. The lowest BCUT2D eigenvalue weighted by atomic mass is 9.96. The molecule has 0 bridgehead atoms. The first-order chi connectivity index (χ1) is 21.1. The number of carbonyl (C=O) groups is 1. The maximum absolute atomic E-state index is 17.0. The van der Waals surface area contributed by atoms with E-state index in [4.69, 9.17) is 26.1 Å². The lowest BCUT2D eigenvalue weighted by Gasteiger charge is -2.44. The van der Waals surface area contributed by atoms with Crippen LogP contribution in [-0.2, 0) is 16.6 Å². The molecule has 10 nitrogen and oxygen atoms in total. The van der Waals surface area contributed by atoms with Crippen LogP contribution in [-0.4, -0.2) is 100 Å². The lowest BCUT2D eigenvalue weighted by molar-refractivity contribution is -0.128. The fourth-order valence-corrected chi connectivity index (χ4v) is 6.57. The van der Waals surface area contributed by atoms with Gasteiger partial charge in [-0.1, -0.05) is 30.3 Å². The average molecular weight is 622 g/mol. The number of anilines is 1. The molecule has 1 unspecified atom stereocenters. The van der Waals surface area contributed by atoms with Crippen molar-refractivity contribution in [3.63, 3.8) is 0 Å². The van der Waals surface area contributed by atoms with Gasteiger partial charge in [0.2, 0.25) is 5.91 Å². The summed E-state index contributed by atoms with van der Waals surface area (Å²) >= 11 is 6.95. The van der Waals surface area contributed by atoms with Gasteiger partial charge in [0.25, 0.3) is 0 Å². The van der Waals surface area contributed by atoms with E-state index in [-0.39, 0.29) is 52.8 Å². The highest BCUT2D eigenvalue weighted by Crippen LogP contribution is 2.43. The van der Waals surface area contributed by atoms with Crippen LogP contribution in [0.2, 0.25) is 5.02 Å². The third kappa shape index (κ3) is 5.27. The molecule has 4 heterocycles. The summed E-state index contributed by atoms with van der Waals surface area (Å²) in [4.78, 5) is 28.0. The van der Waals surface area contributed by atoms with Crippen molar-refractivity contribution in [2.45, 2.75) is 38.9 Å². The number of ether oxygens (including phenoxy) is 2. The van der Waals surface area contributed by atoms with Gasteiger partial charge < -0.3 is 19.3 Å². The Kier molecular flexibility index (Phi) is 8.21. The Morgan fingerprint density at radius 2 is 2.00 bits per heavy atom. The van der Waals surface area contributed by atoms with E-state index in [1.807, 2.05) is 47.0 Å². The average Bonchev–Trinajstić information content (AvgIpc) is 3.38. The first kappa shape index (κ1) is 30.2. The molecule has 2 fully saturated rings. The first-order valence-corrected chi connectivity index (χ1v) is 15.2. The van der Waals surface area contributed by atoms with E-state index in [9.17, 15) is 4.79 Å². The lowest BCUT2D eigenvalue weighted by Crippen LogP contribution is -2.58. The van der Waals surface area contributed by atoms with Crippen LogP contribution in [0, 0.1) is 12.7 Å². The minimum Gasteiger partial charge on any atom is -0.462 e. The molecule has 0 N–H and O–H groups in total. The Morgan fingerprint density at radius 3 is 2.75 bits per heavy atom. The van der Waals surface area contributed by atoms with Crippen LogP contribution in [0.25, 0.3) is 32.9 Å². The van der Waals surface area contributed by atoms with Crippen molar-refractivity contribution >= 4 is 45.1 Å². The smallest absolute Gasteiger partial charge is 0.319 e. The quantitative estimate of drug-likeness (QED) is 0.289. The largest absolute Gasteiger partial charge is 0.462 e. The summed E-state index contributed by atoms with van der Waals surface area (Å²) in [5.41, 5.74) is 2.67. The van der Waals surface area contributed by atoms with Gasteiger partial charge in [-0.15, -0.1) is 0 Å². The highest BCUT2D eigenvalue weighted by Gasteiger charge is 2.34. The topological polar surface area (TPSA) is 88.8 Å². The highest BCUT2D eigenvalue weighted by atomic mass is 35.5. The monoisotopic (exact) mass is 621 g/mol. The third-order valence-corrected chi connectivity index (χ3v) is 9.14. The van der Waals surface area contributed by atoms with E-state index in [2.05, 4.69) is 26.5 Å². The van der Waals surface area contributed by atoms with E-state index in [0.29, 0.717) is 43.1 Å². The second-order valence-corrected chi connectivity index (χ2v) is 12.2. The zero-order chi connectivity index (χ0) is 31.3. The van der Waals surface area contributed by atoms with Crippen molar-refractivity contribution in [1.29, 1.82) is 0 Å². The predicted octanol–water partition coefficient (Wildman–Crippen LogP) is 4.61. The van der Waals surface area contributed by atoms with E-state index in [0.717, 1.165) is 23.0 Å². The minimum atomic E-state index is -0.558. The number of fused-ring (bicyclic) bond motifs is 2. The molecule has 2 saturated heterocycles. The SMILES string of the molecule is C=CC(=O)N1C[C@H](C)N(c2nc(OCC3COCCN3C)nc3c(F)c(-c4c(C)ccc5cnn(C)c45)c(Cl)cc23)C[C@H]1C. The molecule has 12 heteroatoms. The molecular formula is C32H37ClFN7O3. The Labute approximate surface area is 261 Å². The summed E-state index contributed by atoms with van der Waals surface area (Å²) in [6.07, 6.45) is 3.08. The van der Waals surface area contributed by atoms with E-state index >= 15 is 4.39 Å². The van der Waals surface area contributed by atoms with Gasteiger partial charge in [-0.25, -0.2) is 4.39 Å². The molecule has 4 aromatic rings. The summed E-state index contributed by atoms with van der Waals surface area (Å²) in [6.45, 7) is 12.7. The second-order valence-electron chi connectivity index (χ2n) is 11.8. The van der Waals surface area contributed by atoms with E-state index in [1.54, 1.807) is 21.8 Å². The van der Waals surface area contributed by atoms with Crippen molar-refractivity contribution in [3.8, 4) is 17.1 Å². The maximum Gasteiger partial charge on any atom is 0.319 e. The molecule has 2 aromatic heterocycles. The predicted molar refractivity (Wildman–Crippen MR) is 170 cm³/mol. The molecule has 2 aliphatic heterocycles. The molecule has 6 rings (SSSR count). The van der Waals surface area contributed by atoms with Gasteiger partial charge in [-0.2, -0.15) is 15.1 Å². The number of carbonyl (C=O) groups excluding carboxylic acids is 1. The Bertz CT molecular complexity index is 1760. The number of hydrogen-bond donors (Lipinski definition) is 0. The zero-order valence-corrected chi connectivity index (χ0v) is 26.4. The molecule has 1 amide bonds. The maximum atomic E-state index is 17.0. The summed E-state index contributed by atoms with van der Waals surface area (Å²) in [6, 6.07) is 5.45. The van der Waals surface area contributed by atoms with Crippen LogP contribution in [0.5, 0.6) is 6.01 Å². The third-order valence-electron chi connectivity index (χ3n) is 8.85. The summed E-state index contributed by atoms with van der Waals surface area (Å²) in [7, 11) is 3.85. The molecule has 3 atom stereocenters. The van der Waals surface area contributed by atoms with Gasteiger partial charge in [0.05, 0.1) is 36.0 Å². The number of morpholine rings is 1. The molecule has 0 spiro atoms. The standard InChI is InChI=1S/C32H37ClFN7O3/c1-7-25(42)40-14-20(4)41(15-19(40)3)31-23-12-24(33)27(26-18(2)8-9-21-13-35-39(6)30(21)26)28(34)29(23)36-32(37-31)44-17-22-16-43-11-10-38(22)5/h7-9,12-13,19-20,22H,1,10-11,14-17H2,2-6H3/t19-,20+,22?/m1/s1. The second kappa shape index (κ2) is 11.9. The van der Waals surface area contributed by atoms with Gasteiger partial charge in [-0.05, 0) is 45.5 Å². The number of piperazine rings is 1. The number of halogens is 2. The number of hydrogen-bond acceptors (Lipinski definition) is 8. The number of benzene rings is 2. The molecule has 0 saturated carbocycles. The van der Waals surface area contributed by atoms with Crippen molar-refractivity contribution in [2.75, 3.05) is 51.4 Å². The van der Waals surface area contributed by atoms with Gasteiger partial charge in [0.1, 0.15) is 17.9 Å².